The summed E-state index contributed by atoms with van der Waals surface area (Å²) in [6.07, 6.45) is 6.44. The molecule has 0 saturated carbocycles. The zero-order chi connectivity index (χ0) is 11.7. The third-order valence-corrected chi connectivity index (χ3v) is 4.42. The molecule has 0 aromatic heterocycles. The zero-order valence-corrected chi connectivity index (χ0v) is 10.4. The van der Waals surface area contributed by atoms with E-state index in [2.05, 4.69) is 35.2 Å². The van der Waals surface area contributed by atoms with Crippen molar-refractivity contribution in [1.82, 2.24) is 4.90 Å². The normalized spacial score (nSPS) is 33.6. The highest BCUT2D eigenvalue weighted by Gasteiger charge is 2.36. The fourth-order valence-electron chi connectivity index (χ4n) is 3.50. The summed E-state index contributed by atoms with van der Waals surface area (Å²) in [4.78, 5) is 2.71. The third-order valence-electron chi connectivity index (χ3n) is 4.42. The molecular formula is C15H22N2. The Labute approximate surface area is 104 Å². The van der Waals surface area contributed by atoms with Crippen LogP contribution in [0.15, 0.2) is 30.3 Å². The van der Waals surface area contributed by atoms with Gasteiger partial charge in [0.25, 0.3) is 0 Å². The molecule has 2 aliphatic rings. The number of benzene rings is 1. The molecular weight excluding hydrogens is 208 g/mol. The van der Waals surface area contributed by atoms with E-state index in [4.69, 9.17) is 5.73 Å². The van der Waals surface area contributed by atoms with Crippen molar-refractivity contribution in [1.29, 1.82) is 0 Å². The van der Waals surface area contributed by atoms with Crippen molar-refractivity contribution >= 4 is 0 Å². The summed E-state index contributed by atoms with van der Waals surface area (Å²) in [5.74, 6) is 0. The van der Waals surface area contributed by atoms with E-state index >= 15 is 0 Å². The third kappa shape index (κ3) is 2.38. The van der Waals surface area contributed by atoms with Crippen molar-refractivity contribution in [3.63, 3.8) is 0 Å². The maximum atomic E-state index is 6.15. The van der Waals surface area contributed by atoms with Crippen molar-refractivity contribution in [3.8, 4) is 0 Å². The summed E-state index contributed by atoms with van der Waals surface area (Å²) in [5, 5.41) is 0. The Morgan fingerprint density at radius 3 is 2.53 bits per heavy atom. The maximum Gasteiger partial charge on any atom is 0.0239 e. The predicted molar refractivity (Wildman–Crippen MR) is 70.6 cm³/mol. The average molecular weight is 230 g/mol. The second kappa shape index (κ2) is 4.79. The van der Waals surface area contributed by atoms with Crippen LogP contribution in [0.25, 0.3) is 0 Å². The van der Waals surface area contributed by atoms with E-state index in [-0.39, 0.29) is 0 Å². The second-order valence-corrected chi connectivity index (χ2v) is 5.62. The molecule has 2 heterocycles. The van der Waals surface area contributed by atoms with Crippen LogP contribution < -0.4 is 5.73 Å². The van der Waals surface area contributed by atoms with E-state index in [9.17, 15) is 0 Å². The second-order valence-electron chi connectivity index (χ2n) is 5.62. The van der Waals surface area contributed by atoms with Gasteiger partial charge in [-0.25, -0.2) is 0 Å². The molecule has 3 rings (SSSR count). The van der Waals surface area contributed by atoms with Crippen molar-refractivity contribution in [2.75, 3.05) is 0 Å². The molecule has 2 N–H and O–H groups in total. The van der Waals surface area contributed by atoms with Crippen molar-refractivity contribution in [2.24, 2.45) is 5.73 Å². The Morgan fingerprint density at radius 1 is 1.00 bits per heavy atom. The van der Waals surface area contributed by atoms with Crippen molar-refractivity contribution in [3.05, 3.63) is 35.9 Å². The number of fused-ring (bicyclic) bond motifs is 2. The summed E-state index contributed by atoms with van der Waals surface area (Å²) in [6.45, 7) is 1.11. The van der Waals surface area contributed by atoms with Gasteiger partial charge in [0.2, 0.25) is 0 Å². The smallest absolute Gasteiger partial charge is 0.0239 e. The van der Waals surface area contributed by atoms with Gasteiger partial charge in [0, 0.05) is 24.7 Å². The van der Waals surface area contributed by atoms with Crippen LogP contribution in [0, 0.1) is 0 Å². The number of hydrogen-bond acceptors (Lipinski definition) is 2. The lowest BCUT2D eigenvalue weighted by Gasteiger charge is -2.28. The molecule has 1 aromatic carbocycles. The topological polar surface area (TPSA) is 29.3 Å². The van der Waals surface area contributed by atoms with Crippen molar-refractivity contribution in [2.45, 2.75) is 56.8 Å². The molecule has 92 valence electrons. The first-order chi connectivity index (χ1) is 8.33. The summed E-state index contributed by atoms with van der Waals surface area (Å²) in [6, 6.07) is 12.8. The van der Waals surface area contributed by atoms with Gasteiger partial charge in [-0.05, 0) is 37.7 Å². The van der Waals surface area contributed by atoms with E-state index in [0.29, 0.717) is 6.04 Å². The van der Waals surface area contributed by atoms with E-state index < -0.39 is 0 Å². The first kappa shape index (κ1) is 11.2. The van der Waals surface area contributed by atoms with Gasteiger partial charge in [0.1, 0.15) is 0 Å². The van der Waals surface area contributed by atoms with Crippen LogP contribution in [0.4, 0.5) is 0 Å². The minimum absolute atomic E-state index is 0.434. The van der Waals surface area contributed by atoms with E-state index in [1.165, 1.54) is 37.7 Å². The Kier molecular flexibility index (Phi) is 3.17. The molecule has 2 saturated heterocycles. The van der Waals surface area contributed by atoms with Gasteiger partial charge in [0.05, 0.1) is 0 Å². The monoisotopic (exact) mass is 230 g/mol. The lowest BCUT2D eigenvalue weighted by atomic mass is 9.98. The largest absolute Gasteiger partial charge is 0.328 e. The Balaban J connectivity index is 1.74. The van der Waals surface area contributed by atoms with Crippen LogP contribution in [0.3, 0.4) is 0 Å². The number of hydrogen-bond donors (Lipinski definition) is 1. The first-order valence-corrected chi connectivity index (χ1v) is 6.88. The van der Waals surface area contributed by atoms with Crippen molar-refractivity contribution < 1.29 is 0 Å². The Morgan fingerprint density at radius 2 is 1.71 bits per heavy atom. The summed E-state index contributed by atoms with van der Waals surface area (Å²) < 4.78 is 0. The van der Waals surface area contributed by atoms with Gasteiger partial charge >= 0.3 is 0 Å². The van der Waals surface area contributed by atoms with Gasteiger partial charge in [-0.3, -0.25) is 4.90 Å². The van der Waals surface area contributed by atoms with Gasteiger partial charge in [-0.1, -0.05) is 30.3 Å². The van der Waals surface area contributed by atoms with Crippen LogP contribution >= 0.6 is 0 Å². The fraction of sp³-hybridized carbons (Fsp3) is 0.600. The number of nitrogens with two attached hydrogens (primary N) is 1. The Hall–Kier alpha value is -0.860. The minimum Gasteiger partial charge on any atom is -0.328 e. The highest BCUT2D eigenvalue weighted by atomic mass is 15.2. The van der Waals surface area contributed by atoms with E-state index in [0.717, 1.165) is 18.6 Å². The van der Waals surface area contributed by atoms with Gasteiger partial charge in [-0.15, -0.1) is 0 Å². The number of rotatable bonds is 2. The molecule has 2 fully saturated rings. The molecule has 2 bridgehead atoms. The molecule has 2 heteroatoms. The van der Waals surface area contributed by atoms with Crippen LogP contribution in [-0.2, 0) is 6.54 Å². The van der Waals surface area contributed by atoms with Crippen LogP contribution in [0.1, 0.15) is 37.7 Å². The average Bonchev–Trinajstić information content (AvgIpc) is 2.62. The van der Waals surface area contributed by atoms with Gasteiger partial charge in [0.15, 0.2) is 0 Å². The summed E-state index contributed by atoms with van der Waals surface area (Å²) in [5.41, 5.74) is 7.59. The van der Waals surface area contributed by atoms with Crippen LogP contribution in [-0.4, -0.2) is 23.0 Å². The molecule has 0 spiro atoms. The number of nitrogens with zero attached hydrogens (tertiary/aromatic N) is 1. The molecule has 1 unspecified atom stereocenters. The van der Waals surface area contributed by atoms with Gasteiger partial charge < -0.3 is 5.73 Å². The molecule has 2 nitrogen and oxygen atoms in total. The molecule has 0 aliphatic carbocycles. The highest BCUT2D eigenvalue weighted by Crippen LogP contribution is 2.34. The van der Waals surface area contributed by atoms with Crippen LogP contribution in [0.5, 0.6) is 0 Å². The Bertz CT molecular complexity index is 362. The molecule has 3 atom stereocenters. The lowest BCUT2D eigenvalue weighted by molar-refractivity contribution is 0.184. The molecule has 1 aromatic rings. The lowest BCUT2D eigenvalue weighted by Crippen LogP contribution is -2.35. The predicted octanol–water partition coefficient (Wildman–Crippen LogP) is 2.53. The SMILES string of the molecule is NC1CC[C@H]2CC[C@H](C1)N2Cc1ccccc1. The minimum atomic E-state index is 0.434. The van der Waals surface area contributed by atoms with Crippen LogP contribution in [0.2, 0.25) is 0 Å². The van der Waals surface area contributed by atoms with E-state index in [1.54, 1.807) is 0 Å². The van der Waals surface area contributed by atoms with Gasteiger partial charge in [-0.2, -0.15) is 0 Å². The first-order valence-electron chi connectivity index (χ1n) is 6.88. The standard InChI is InChI=1S/C15H22N2/c16-13-6-7-14-8-9-15(10-13)17(14)11-12-4-2-1-3-5-12/h1-5,13-15H,6-11,16H2/t13?,14-,15+/m0/s1. The maximum absolute atomic E-state index is 6.15. The molecule has 0 radical (unpaired) electrons. The summed E-state index contributed by atoms with van der Waals surface area (Å²) >= 11 is 0. The molecule has 2 aliphatic heterocycles. The zero-order valence-electron chi connectivity index (χ0n) is 10.4. The highest BCUT2D eigenvalue weighted by molar-refractivity contribution is 5.15. The molecule has 0 amide bonds. The van der Waals surface area contributed by atoms with E-state index in [1.807, 2.05) is 0 Å². The molecule has 17 heavy (non-hydrogen) atoms. The fourth-order valence-corrected chi connectivity index (χ4v) is 3.50. The quantitative estimate of drug-likeness (QED) is 0.846. The summed E-state index contributed by atoms with van der Waals surface area (Å²) in [7, 11) is 0.